The Bertz CT molecular complexity index is 888. The second kappa shape index (κ2) is 12.3. The number of unbranched alkanes of at least 4 members (excludes halogenated alkanes) is 3. The maximum atomic E-state index is 4.10. The third kappa shape index (κ3) is 6.86. The molecule has 0 aliphatic carbocycles. The molecule has 0 radical (unpaired) electrons. The average molecular weight is 426 g/mol. The topological polar surface area (TPSA) is 29.0 Å². The first-order valence-corrected chi connectivity index (χ1v) is 12.2. The van der Waals surface area contributed by atoms with Crippen molar-refractivity contribution >= 4 is 5.57 Å². The molecular weight excluding hydrogens is 390 g/mol. The Morgan fingerprint density at radius 3 is 2.00 bits per heavy atom. The van der Waals surface area contributed by atoms with Crippen LogP contribution in [0.2, 0.25) is 0 Å². The van der Waals surface area contributed by atoms with E-state index >= 15 is 0 Å². The molecule has 3 nitrogen and oxygen atoms in total. The number of aromatic nitrogens is 2. The van der Waals surface area contributed by atoms with E-state index in [0.717, 1.165) is 6.42 Å². The maximum absolute atomic E-state index is 4.10. The summed E-state index contributed by atoms with van der Waals surface area (Å²) in [6.07, 6.45) is 16.8. The Morgan fingerprint density at radius 1 is 0.781 bits per heavy atom. The molecule has 0 unspecified atom stereocenters. The standard InChI is InChI=1S/C29H35N3/c1(5-11-26-22-30-24-31-23-26)2-10-18-32-19-16-25(17-20-32)21-29(27-12-6-3-7-13-27)28-14-8-4-9-15-28/h3-4,6-9,12-15,21-25H,1-2,5,10-11,16-20H2. The summed E-state index contributed by atoms with van der Waals surface area (Å²) in [7, 11) is 0. The molecule has 0 spiro atoms. The van der Waals surface area contributed by atoms with Crippen LogP contribution in [0.3, 0.4) is 0 Å². The van der Waals surface area contributed by atoms with Crippen molar-refractivity contribution < 1.29 is 0 Å². The van der Waals surface area contributed by atoms with E-state index in [-0.39, 0.29) is 0 Å². The van der Waals surface area contributed by atoms with E-state index in [1.165, 1.54) is 80.4 Å². The molecule has 0 bridgehead atoms. The minimum absolute atomic E-state index is 0.662. The third-order valence-corrected chi connectivity index (χ3v) is 6.51. The van der Waals surface area contributed by atoms with Gasteiger partial charge in [-0.25, -0.2) is 9.97 Å². The van der Waals surface area contributed by atoms with Gasteiger partial charge in [0.2, 0.25) is 0 Å². The van der Waals surface area contributed by atoms with E-state index in [2.05, 4.69) is 81.6 Å². The van der Waals surface area contributed by atoms with E-state index in [1.54, 1.807) is 6.33 Å². The molecule has 1 aliphatic rings. The molecule has 32 heavy (non-hydrogen) atoms. The number of nitrogens with zero attached hydrogens (tertiary/aromatic N) is 3. The van der Waals surface area contributed by atoms with Gasteiger partial charge in [0, 0.05) is 12.4 Å². The fraction of sp³-hybridized carbons (Fsp3) is 0.379. The van der Waals surface area contributed by atoms with Gasteiger partial charge in [0.15, 0.2) is 0 Å². The first-order valence-electron chi connectivity index (χ1n) is 12.2. The number of rotatable bonds is 10. The molecule has 0 saturated carbocycles. The predicted molar refractivity (Wildman–Crippen MR) is 133 cm³/mol. The summed E-state index contributed by atoms with van der Waals surface area (Å²) in [4.78, 5) is 10.9. The predicted octanol–water partition coefficient (Wildman–Crippen LogP) is 6.42. The van der Waals surface area contributed by atoms with Crippen LogP contribution in [0.25, 0.3) is 5.57 Å². The highest BCUT2D eigenvalue weighted by Gasteiger charge is 2.18. The van der Waals surface area contributed by atoms with E-state index in [0.29, 0.717) is 5.92 Å². The highest BCUT2D eigenvalue weighted by molar-refractivity contribution is 5.79. The van der Waals surface area contributed by atoms with Crippen LogP contribution in [0.1, 0.15) is 55.2 Å². The van der Waals surface area contributed by atoms with Crippen LogP contribution in [0.15, 0.2) is 85.5 Å². The molecule has 1 aromatic heterocycles. The molecule has 4 rings (SSSR count). The van der Waals surface area contributed by atoms with Gasteiger partial charge in [-0.15, -0.1) is 0 Å². The molecule has 1 saturated heterocycles. The SMILES string of the molecule is C(=C(c1ccccc1)c1ccccc1)C1CCN(CCCCCCc2cncnc2)CC1. The van der Waals surface area contributed by atoms with E-state index < -0.39 is 0 Å². The van der Waals surface area contributed by atoms with E-state index in [9.17, 15) is 0 Å². The lowest BCUT2D eigenvalue weighted by molar-refractivity contribution is 0.199. The van der Waals surface area contributed by atoms with Gasteiger partial charge in [0.05, 0.1) is 0 Å². The highest BCUT2D eigenvalue weighted by Crippen LogP contribution is 2.28. The molecule has 3 aromatic rings. The molecule has 166 valence electrons. The van der Waals surface area contributed by atoms with Crippen LogP contribution in [0.5, 0.6) is 0 Å². The normalized spacial score (nSPS) is 14.9. The largest absolute Gasteiger partial charge is 0.303 e. The van der Waals surface area contributed by atoms with Gasteiger partial charge in [0.1, 0.15) is 6.33 Å². The second-order valence-corrected chi connectivity index (χ2v) is 8.90. The quantitative estimate of drug-likeness (QED) is 0.351. The summed E-state index contributed by atoms with van der Waals surface area (Å²) >= 11 is 0. The zero-order valence-electron chi connectivity index (χ0n) is 19.1. The van der Waals surface area contributed by atoms with Gasteiger partial charge in [0.25, 0.3) is 0 Å². The fourth-order valence-electron chi connectivity index (χ4n) is 4.65. The van der Waals surface area contributed by atoms with Gasteiger partial charge < -0.3 is 4.90 Å². The lowest BCUT2D eigenvalue weighted by Crippen LogP contribution is -2.34. The molecule has 0 amide bonds. The highest BCUT2D eigenvalue weighted by atomic mass is 15.1. The van der Waals surface area contributed by atoms with Crippen LogP contribution >= 0.6 is 0 Å². The number of hydrogen-bond donors (Lipinski definition) is 0. The molecule has 2 heterocycles. The van der Waals surface area contributed by atoms with Crippen molar-refractivity contribution in [2.45, 2.75) is 44.9 Å². The molecule has 0 atom stereocenters. The summed E-state index contributed by atoms with van der Waals surface area (Å²) in [5, 5.41) is 0. The number of likely N-dealkylation sites (tertiary alicyclic amines) is 1. The van der Waals surface area contributed by atoms with Gasteiger partial charge in [-0.2, -0.15) is 0 Å². The Balaban J connectivity index is 1.21. The van der Waals surface area contributed by atoms with Crippen molar-refractivity contribution in [2.75, 3.05) is 19.6 Å². The smallest absolute Gasteiger partial charge is 0.115 e. The van der Waals surface area contributed by atoms with E-state index in [4.69, 9.17) is 0 Å². The Kier molecular flexibility index (Phi) is 8.62. The van der Waals surface area contributed by atoms with Crippen molar-refractivity contribution in [1.29, 1.82) is 0 Å². The zero-order chi connectivity index (χ0) is 21.8. The summed E-state index contributed by atoms with van der Waals surface area (Å²) < 4.78 is 0. The van der Waals surface area contributed by atoms with Crippen molar-refractivity contribution in [1.82, 2.24) is 14.9 Å². The minimum Gasteiger partial charge on any atom is -0.303 e. The lowest BCUT2D eigenvalue weighted by Gasteiger charge is -2.31. The fourth-order valence-corrected chi connectivity index (χ4v) is 4.65. The first-order chi connectivity index (χ1) is 15.9. The van der Waals surface area contributed by atoms with Gasteiger partial charge in [-0.1, -0.05) is 79.6 Å². The van der Waals surface area contributed by atoms with Crippen LogP contribution < -0.4 is 0 Å². The molecule has 3 heteroatoms. The minimum atomic E-state index is 0.662. The summed E-state index contributed by atoms with van der Waals surface area (Å²) in [5.74, 6) is 0.662. The number of piperidine rings is 1. The Labute approximate surface area is 193 Å². The van der Waals surface area contributed by atoms with Gasteiger partial charge >= 0.3 is 0 Å². The third-order valence-electron chi connectivity index (χ3n) is 6.51. The number of hydrogen-bond acceptors (Lipinski definition) is 3. The summed E-state index contributed by atoms with van der Waals surface area (Å²) in [6, 6.07) is 21.7. The van der Waals surface area contributed by atoms with Gasteiger partial charge in [-0.05, 0) is 79.9 Å². The zero-order valence-corrected chi connectivity index (χ0v) is 19.1. The Morgan fingerprint density at radius 2 is 1.38 bits per heavy atom. The van der Waals surface area contributed by atoms with Crippen LogP contribution in [-0.2, 0) is 6.42 Å². The first kappa shape index (κ1) is 22.4. The maximum Gasteiger partial charge on any atom is 0.115 e. The van der Waals surface area contributed by atoms with Crippen molar-refractivity contribution in [3.63, 3.8) is 0 Å². The lowest BCUT2D eigenvalue weighted by atomic mass is 9.89. The van der Waals surface area contributed by atoms with Crippen molar-refractivity contribution in [3.8, 4) is 0 Å². The monoisotopic (exact) mass is 425 g/mol. The summed E-state index contributed by atoms with van der Waals surface area (Å²) in [5.41, 5.74) is 5.29. The number of allylic oxidation sites excluding steroid dienone is 1. The molecule has 0 N–H and O–H groups in total. The van der Waals surface area contributed by atoms with Crippen LogP contribution in [-0.4, -0.2) is 34.5 Å². The van der Waals surface area contributed by atoms with Crippen molar-refractivity contribution in [3.05, 3.63) is 102 Å². The molecule has 1 fully saturated rings. The molecule has 1 aliphatic heterocycles. The van der Waals surface area contributed by atoms with Crippen LogP contribution in [0.4, 0.5) is 0 Å². The molecule has 2 aromatic carbocycles. The average Bonchev–Trinajstić information content (AvgIpc) is 2.87. The van der Waals surface area contributed by atoms with Crippen LogP contribution in [0, 0.1) is 5.92 Å². The van der Waals surface area contributed by atoms with Crippen molar-refractivity contribution in [2.24, 2.45) is 5.92 Å². The summed E-state index contributed by atoms with van der Waals surface area (Å²) in [6.45, 7) is 3.69. The van der Waals surface area contributed by atoms with E-state index in [1.807, 2.05) is 12.4 Å². The molecular formula is C29H35N3. The number of benzene rings is 2. The second-order valence-electron chi connectivity index (χ2n) is 8.90. The van der Waals surface area contributed by atoms with Gasteiger partial charge in [-0.3, -0.25) is 0 Å². The Hall–Kier alpha value is -2.78. The number of aryl methyl sites for hydroxylation is 1.